The highest BCUT2D eigenvalue weighted by Gasteiger charge is 2.31. The fourth-order valence-electron chi connectivity index (χ4n) is 2.36. The number of hydrogen-bond donors (Lipinski definition) is 1. The zero-order valence-electron chi connectivity index (χ0n) is 8.46. The van der Waals surface area contributed by atoms with Crippen molar-refractivity contribution in [3.8, 4) is 0 Å². The average molecular weight is 182 g/mol. The Balaban J connectivity index is 2.27. The molecule has 1 N–H and O–H groups in total. The Hall–Kier alpha value is -0.465. The van der Waals surface area contributed by atoms with Gasteiger partial charge in [-0.25, -0.2) is 0 Å². The summed E-state index contributed by atoms with van der Waals surface area (Å²) in [6, 6.07) is 0. The van der Waals surface area contributed by atoms with Crippen LogP contribution >= 0.6 is 0 Å². The van der Waals surface area contributed by atoms with Gasteiger partial charge in [0, 0.05) is 0 Å². The van der Waals surface area contributed by atoms with Crippen LogP contribution in [0, 0.1) is 11.8 Å². The number of rotatable bonds is 5. The van der Waals surface area contributed by atoms with Gasteiger partial charge in [-0.15, -0.1) is 0 Å². The zero-order valence-corrected chi connectivity index (χ0v) is 8.46. The number of hydrogen-bond acceptors (Lipinski definition) is 1. The van der Waals surface area contributed by atoms with Crippen LogP contribution in [0.2, 0.25) is 13.1 Å². The van der Waals surface area contributed by atoms with Crippen molar-refractivity contribution >= 4 is 13.2 Å². The van der Waals surface area contributed by atoms with E-state index < -0.39 is 5.97 Å². The first-order valence-corrected chi connectivity index (χ1v) is 5.48. The Labute approximate surface area is 81.0 Å². The van der Waals surface area contributed by atoms with Gasteiger partial charge >= 0.3 is 5.97 Å². The van der Waals surface area contributed by atoms with E-state index in [9.17, 15) is 4.79 Å². The van der Waals surface area contributed by atoms with Crippen LogP contribution in [0.25, 0.3) is 0 Å². The molecule has 0 aromatic carbocycles. The quantitative estimate of drug-likeness (QED) is 0.522. The van der Waals surface area contributed by atoms with E-state index >= 15 is 0 Å². The third kappa shape index (κ3) is 3.05. The molecule has 1 aliphatic rings. The topological polar surface area (TPSA) is 37.3 Å². The van der Waals surface area contributed by atoms with E-state index in [1.54, 1.807) is 0 Å². The van der Waals surface area contributed by atoms with Crippen molar-refractivity contribution in [2.24, 2.45) is 11.8 Å². The highest BCUT2D eigenvalue weighted by molar-refractivity contribution is 6.33. The van der Waals surface area contributed by atoms with Crippen molar-refractivity contribution in [3.63, 3.8) is 0 Å². The summed E-state index contributed by atoms with van der Waals surface area (Å²) in [6.07, 6.45) is 6.76. The molecule has 2 atom stereocenters. The van der Waals surface area contributed by atoms with Crippen LogP contribution in [0.1, 0.15) is 32.1 Å². The summed E-state index contributed by atoms with van der Waals surface area (Å²) in [5, 5.41) is 8.94. The molecule has 0 heterocycles. The highest BCUT2D eigenvalue weighted by atomic mass is 16.4. The van der Waals surface area contributed by atoms with Crippen LogP contribution in [0.4, 0.5) is 0 Å². The number of carboxylic acids is 1. The first kappa shape index (κ1) is 10.6. The first-order chi connectivity index (χ1) is 6.25. The third-order valence-electron chi connectivity index (χ3n) is 3.15. The molecule has 0 amide bonds. The molecular weight excluding hydrogens is 163 g/mol. The molecule has 0 bridgehead atoms. The van der Waals surface area contributed by atoms with Crippen LogP contribution < -0.4 is 0 Å². The van der Waals surface area contributed by atoms with E-state index in [1.165, 1.54) is 20.0 Å². The van der Waals surface area contributed by atoms with E-state index in [0.717, 1.165) is 25.7 Å². The SMILES string of the molecule is CBCCC[C@H]1CCC[C@H]1C(=O)O. The van der Waals surface area contributed by atoms with Gasteiger partial charge in [-0.2, -0.15) is 0 Å². The Morgan fingerprint density at radius 3 is 2.92 bits per heavy atom. The maximum absolute atomic E-state index is 10.8. The number of carboxylic acid groups (broad SMARTS) is 1. The van der Waals surface area contributed by atoms with E-state index in [-0.39, 0.29) is 5.92 Å². The maximum atomic E-state index is 10.8. The minimum absolute atomic E-state index is 0.0307. The third-order valence-corrected chi connectivity index (χ3v) is 3.15. The first-order valence-electron chi connectivity index (χ1n) is 5.48. The molecule has 0 spiro atoms. The fourth-order valence-corrected chi connectivity index (χ4v) is 2.36. The summed E-state index contributed by atoms with van der Waals surface area (Å²) >= 11 is 0. The maximum Gasteiger partial charge on any atom is 0.306 e. The van der Waals surface area contributed by atoms with Crippen molar-refractivity contribution in [2.45, 2.75) is 45.2 Å². The van der Waals surface area contributed by atoms with Crippen LogP contribution in [-0.2, 0) is 4.79 Å². The molecule has 13 heavy (non-hydrogen) atoms. The number of aliphatic carboxylic acids is 1. The Morgan fingerprint density at radius 2 is 2.31 bits per heavy atom. The summed E-state index contributed by atoms with van der Waals surface area (Å²) in [4.78, 5) is 10.8. The molecule has 0 radical (unpaired) electrons. The van der Waals surface area contributed by atoms with Crippen molar-refractivity contribution in [2.75, 3.05) is 0 Å². The lowest BCUT2D eigenvalue weighted by molar-refractivity contribution is -0.143. The fraction of sp³-hybridized carbons (Fsp3) is 0.900. The van der Waals surface area contributed by atoms with Gasteiger partial charge in [0.15, 0.2) is 0 Å². The molecule has 1 saturated carbocycles. The lowest BCUT2D eigenvalue weighted by Crippen LogP contribution is -2.18. The summed E-state index contributed by atoms with van der Waals surface area (Å²) < 4.78 is 0. The van der Waals surface area contributed by atoms with Crippen LogP contribution in [0.3, 0.4) is 0 Å². The summed E-state index contributed by atoms with van der Waals surface area (Å²) in [5.41, 5.74) is 0. The second kappa shape index (κ2) is 5.30. The molecule has 0 saturated heterocycles. The lowest BCUT2D eigenvalue weighted by atomic mass is 9.75. The van der Waals surface area contributed by atoms with E-state index in [4.69, 9.17) is 5.11 Å². The average Bonchev–Trinajstić information content (AvgIpc) is 2.53. The van der Waals surface area contributed by atoms with Gasteiger partial charge in [0.05, 0.1) is 5.92 Å². The monoisotopic (exact) mass is 182 g/mol. The second-order valence-electron chi connectivity index (χ2n) is 4.13. The predicted octanol–water partition coefficient (Wildman–Crippen LogP) is 2.17. The minimum Gasteiger partial charge on any atom is -0.481 e. The molecule has 0 aromatic rings. The van der Waals surface area contributed by atoms with Gasteiger partial charge in [-0.1, -0.05) is 32.4 Å². The van der Waals surface area contributed by atoms with Crippen molar-refractivity contribution in [3.05, 3.63) is 0 Å². The van der Waals surface area contributed by atoms with Crippen LogP contribution in [0.15, 0.2) is 0 Å². The van der Waals surface area contributed by atoms with Gasteiger partial charge in [0.25, 0.3) is 0 Å². The molecule has 74 valence electrons. The van der Waals surface area contributed by atoms with Gasteiger partial charge in [0.1, 0.15) is 7.28 Å². The van der Waals surface area contributed by atoms with Gasteiger partial charge in [0.2, 0.25) is 0 Å². The molecule has 0 aliphatic heterocycles. The standard InChI is InChI=1S/C10H19BO2/c1-11-7-3-5-8-4-2-6-9(8)10(12)13/h8-9,11H,2-7H2,1H3,(H,12,13)/t8-,9-/m1/s1. The second-order valence-corrected chi connectivity index (χ2v) is 4.13. The van der Waals surface area contributed by atoms with Crippen LogP contribution in [-0.4, -0.2) is 18.4 Å². The molecule has 1 aliphatic carbocycles. The number of carbonyl (C=O) groups is 1. The molecule has 3 heteroatoms. The van der Waals surface area contributed by atoms with Crippen molar-refractivity contribution in [1.29, 1.82) is 0 Å². The molecule has 0 aromatic heterocycles. The zero-order chi connectivity index (χ0) is 9.68. The van der Waals surface area contributed by atoms with E-state index in [1.807, 2.05) is 0 Å². The van der Waals surface area contributed by atoms with Crippen molar-refractivity contribution < 1.29 is 9.90 Å². The van der Waals surface area contributed by atoms with Gasteiger partial charge in [-0.05, 0) is 18.8 Å². The van der Waals surface area contributed by atoms with E-state index in [2.05, 4.69) is 6.82 Å². The van der Waals surface area contributed by atoms with Crippen molar-refractivity contribution in [1.82, 2.24) is 0 Å². The van der Waals surface area contributed by atoms with Crippen LogP contribution in [0.5, 0.6) is 0 Å². The van der Waals surface area contributed by atoms with Gasteiger partial charge < -0.3 is 5.11 Å². The largest absolute Gasteiger partial charge is 0.481 e. The summed E-state index contributed by atoms with van der Waals surface area (Å²) in [5.74, 6) is -0.125. The van der Waals surface area contributed by atoms with E-state index in [0.29, 0.717) is 5.92 Å². The normalized spacial score (nSPS) is 27.5. The molecule has 1 fully saturated rings. The predicted molar refractivity (Wildman–Crippen MR) is 55.5 cm³/mol. The lowest BCUT2D eigenvalue weighted by Gasteiger charge is -2.14. The Morgan fingerprint density at radius 1 is 1.54 bits per heavy atom. The molecule has 1 rings (SSSR count). The highest BCUT2D eigenvalue weighted by Crippen LogP contribution is 2.35. The minimum atomic E-state index is -0.570. The smallest absolute Gasteiger partial charge is 0.306 e. The Bertz CT molecular complexity index is 170. The summed E-state index contributed by atoms with van der Waals surface area (Å²) in [6.45, 7) is 2.18. The van der Waals surface area contributed by atoms with Gasteiger partial charge in [-0.3, -0.25) is 4.79 Å². The Kier molecular flexibility index (Phi) is 4.33. The molecular formula is C10H19BO2. The molecule has 2 nitrogen and oxygen atoms in total. The molecule has 0 unspecified atom stereocenters. The summed E-state index contributed by atoms with van der Waals surface area (Å²) in [7, 11) is 1.23.